The van der Waals surface area contributed by atoms with Crippen LogP contribution in [0.1, 0.15) is 30.4 Å². The molecule has 1 atom stereocenters. The number of aromatic nitrogens is 2. The lowest BCUT2D eigenvalue weighted by atomic mass is 10.2. The van der Waals surface area contributed by atoms with Gasteiger partial charge in [0.05, 0.1) is 13.2 Å². The molecule has 0 bridgehead atoms. The van der Waals surface area contributed by atoms with Gasteiger partial charge < -0.3 is 13.9 Å². The Morgan fingerprint density at radius 3 is 2.92 bits per heavy atom. The summed E-state index contributed by atoms with van der Waals surface area (Å²) < 4.78 is 44.5. The maximum Gasteiger partial charge on any atom is 0.247 e. The Kier molecular flexibility index (Phi) is 4.64. The quantitative estimate of drug-likeness (QED) is 0.775. The van der Waals surface area contributed by atoms with Crippen LogP contribution in [0.4, 0.5) is 0 Å². The fourth-order valence-electron chi connectivity index (χ4n) is 3.10. The molecular weight excluding hydrogens is 382 g/mol. The second kappa shape index (κ2) is 6.80. The smallest absolute Gasteiger partial charge is 0.247 e. The van der Waals surface area contributed by atoms with Crippen molar-refractivity contribution in [3.05, 3.63) is 34.5 Å². The molecule has 0 aliphatic carbocycles. The van der Waals surface area contributed by atoms with Crippen molar-refractivity contribution in [2.45, 2.75) is 30.8 Å². The van der Waals surface area contributed by atoms with Crippen LogP contribution in [0.25, 0.3) is 0 Å². The predicted molar refractivity (Wildman–Crippen MR) is 91.8 cm³/mol. The van der Waals surface area contributed by atoms with Crippen LogP contribution >= 0.6 is 11.6 Å². The Morgan fingerprint density at radius 2 is 2.15 bits per heavy atom. The summed E-state index contributed by atoms with van der Waals surface area (Å²) in [6.45, 7) is 2.91. The van der Waals surface area contributed by atoms with Gasteiger partial charge in [-0.15, -0.1) is 10.2 Å². The van der Waals surface area contributed by atoms with Crippen molar-refractivity contribution in [3.8, 4) is 5.75 Å². The fourth-order valence-corrected chi connectivity index (χ4v) is 5.03. The Balaban J connectivity index is 1.64. The van der Waals surface area contributed by atoms with Gasteiger partial charge in [0.1, 0.15) is 16.7 Å². The van der Waals surface area contributed by atoms with Gasteiger partial charge in [0.2, 0.25) is 21.8 Å². The van der Waals surface area contributed by atoms with Gasteiger partial charge >= 0.3 is 0 Å². The van der Waals surface area contributed by atoms with E-state index in [4.69, 9.17) is 25.5 Å². The molecule has 26 heavy (non-hydrogen) atoms. The van der Waals surface area contributed by atoms with E-state index in [0.717, 1.165) is 5.56 Å². The number of morpholine rings is 1. The number of ether oxygens (including phenoxy) is 2. The van der Waals surface area contributed by atoms with Crippen molar-refractivity contribution < 1.29 is 22.3 Å². The van der Waals surface area contributed by atoms with Crippen molar-refractivity contribution >= 4 is 21.6 Å². The SMILES string of the molecule is CCc1nnc([C@H]2CN(S(=O)(=O)c3cc(Cl)cc4c3OCC4)CCO2)o1. The van der Waals surface area contributed by atoms with E-state index in [1.165, 1.54) is 10.4 Å². The van der Waals surface area contributed by atoms with Gasteiger partial charge in [-0.2, -0.15) is 4.31 Å². The summed E-state index contributed by atoms with van der Waals surface area (Å²) in [6.07, 6.45) is 0.652. The first-order valence-corrected chi connectivity index (χ1v) is 10.2. The second-order valence-corrected chi connectivity index (χ2v) is 8.44. The van der Waals surface area contributed by atoms with Crippen LogP contribution in [0.3, 0.4) is 0 Å². The number of benzene rings is 1. The Morgan fingerprint density at radius 1 is 1.31 bits per heavy atom. The van der Waals surface area contributed by atoms with Gasteiger partial charge in [0, 0.05) is 36.5 Å². The zero-order chi connectivity index (χ0) is 18.3. The minimum atomic E-state index is -3.80. The van der Waals surface area contributed by atoms with E-state index in [-0.39, 0.29) is 30.5 Å². The van der Waals surface area contributed by atoms with E-state index in [2.05, 4.69) is 10.2 Å². The summed E-state index contributed by atoms with van der Waals surface area (Å²) in [6, 6.07) is 3.18. The van der Waals surface area contributed by atoms with Gasteiger partial charge in [-0.05, 0) is 12.1 Å². The highest BCUT2D eigenvalue weighted by atomic mass is 35.5. The number of sulfonamides is 1. The molecule has 3 heterocycles. The lowest BCUT2D eigenvalue weighted by molar-refractivity contribution is -0.0178. The van der Waals surface area contributed by atoms with Crippen molar-refractivity contribution in [1.29, 1.82) is 0 Å². The summed E-state index contributed by atoms with van der Waals surface area (Å²) in [5, 5.41) is 8.25. The van der Waals surface area contributed by atoms with Crippen LogP contribution in [-0.4, -0.2) is 49.2 Å². The molecule has 0 spiro atoms. The molecule has 0 unspecified atom stereocenters. The number of hydrogen-bond acceptors (Lipinski definition) is 7. The molecular formula is C16H18ClN3O5S. The lowest BCUT2D eigenvalue weighted by Gasteiger charge is -2.30. The highest BCUT2D eigenvalue weighted by Crippen LogP contribution is 2.38. The van der Waals surface area contributed by atoms with Crippen LogP contribution in [0.2, 0.25) is 5.02 Å². The molecule has 140 valence electrons. The molecule has 0 N–H and O–H groups in total. The van der Waals surface area contributed by atoms with E-state index in [0.29, 0.717) is 36.1 Å². The Hall–Kier alpha value is -1.68. The summed E-state index contributed by atoms with van der Waals surface area (Å²) in [5.74, 6) is 1.17. The summed E-state index contributed by atoms with van der Waals surface area (Å²) >= 11 is 6.12. The third-order valence-corrected chi connectivity index (χ3v) is 6.51. The third-order valence-electron chi connectivity index (χ3n) is 4.42. The van der Waals surface area contributed by atoms with Crippen molar-refractivity contribution in [2.24, 2.45) is 0 Å². The number of aryl methyl sites for hydroxylation is 1. The number of nitrogens with zero attached hydrogens (tertiary/aromatic N) is 3. The molecule has 8 nitrogen and oxygen atoms in total. The zero-order valence-corrected chi connectivity index (χ0v) is 15.7. The van der Waals surface area contributed by atoms with Crippen molar-refractivity contribution in [1.82, 2.24) is 14.5 Å². The van der Waals surface area contributed by atoms with Gasteiger partial charge in [-0.3, -0.25) is 0 Å². The minimum Gasteiger partial charge on any atom is -0.492 e. The number of fused-ring (bicyclic) bond motifs is 1. The van der Waals surface area contributed by atoms with Crippen LogP contribution < -0.4 is 4.74 Å². The first kappa shape index (κ1) is 17.7. The van der Waals surface area contributed by atoms with Crippen molar-refractivity contribution in [3.63, 3.8) is 0 Å². The monoisotopic (exact) mass is 399 g/mol. The zero-order valence-electron chi connectivity index (χ0n) is 14.1. The molecule has 2 aromatic rings. The number of hydrogen-bond donors (Lipinski definition) is 0. The summed E-state index contributed by atoms with van der Waals surface area (Å²) in [7, 11) is -3.80. The molecule has 4 rings (SSSR count). The van der Waals surface area contributed by atoms with E-state index in [1.54, 1.807) is 6.07 Å². The van der Waals surface area contributed by atoms with Crippen LogP contribution in [0, 0.1) is 0 Å². The van der Waals surface area contributed by atoms with E-state index in [1.807, 2.05) is 6.92 Å². The molecule has 1 fully saturated rings. The molecule has 0 radical (unpaired) electrons. The lowest BCUT2D eigenvalue weighted by Crippen LogP contribution is -2.42. The fraction of sp³-hybridized carbons (Fsp3) is 0.500. The van der Waals surface area contributed by atoms with E-state index in [9.17, 15) is 8.42 Å². The normalized spacial score (nSPS) is 20.8. The minimum absolute atomic E-state index is 0.0922. The molecule has 2 aliphatic heterocycles. The molecule has 10 heteroatoms. The highest BCUT2D eigenvalue weighted by molar-refractivity contribution is 7.89. The largest absolute Gasteiger partial charge is 0.492 e. The Bertz CT molecular complexity index is 930. The van der Waals surface area contributed by atoms with Gasteiger partial charge in [0.25, 0.3) is 0 Å². The summed E-state index contributed by atoms with van der Waals surface area (Å²) in [4.78, 5) is 0.0953. The molecule has 2 aliphatic rings. The average Bonchev–Trinajstić information content (AvgIpc) is 3.30. The molecule has 1 saturated heterocycles. The molecule has 1 aromatic carbocycles. The van der Waals surface area contributed by atoms with Crippen LogP contribution in [0.5, 0.6) is 5.75 Å². The standard InChI is InChI=1S/C16H18ClN3O5S/c1-2-14-18-19-16(25-14)12-9-20(4-6-23-12)26(21,22)13-8-11(17)7-10-3-5-24-15(10)13/h7-8,12H,2-6,9H2,1H3/t12-/m1/s1. The Labute approximate surface area is 156 Å². The van der Waals surface area contributed by atoms with Crippen molar-refractivity contribution in [2.75, 3.05) is 26.3 Å². The third kappa shape index (κ3) is 3.09. The molecule has 1 aromatic heterocycles. The molecule has 0 amide bonds. The first-order valence-electron chi connectivity index (χ1n) is 8.38. The topological polar surface area (TPSA) is 94.8 Å². The number of halogens is 1. The second-order valence-electron chi connectivity index (χ2n) is 6.10. The first-order chi connectivity index (χ1) is 12.5. The average molecular weight is 400 g/mol. The van der Waals surface area contributed by atoms with E-state index >= 15 is 0 Å². The van der Waals surface area contributed by atoms with Crippen LogP contribution in [-0.2, 0) is 27.6 Å². The van der Waals surface area contributed by atoms with Gasteiger partial charge in [-0.25, -0.2) is 8.42 Å². The number of rotatable bonds is 4. The van der Waals surface area contributed by atoms with Gasteiger partial charge in [-0.1, -0.05) is 18.5 Å². The highest BCUT2D eigenvalue weighted by Gasteiger charge is 2.37. The maximum absolute atomic E-state index is 13.2. The van der Waals surface area contributed by atoms with E-state index < -0.39 is 16.1 Å². The van der Waals surface area contributed by atoms with Gasteiger partial charge in [0.15, 0.2) is 0 Å². The molecule has 0 saturated carbocycles. The predicted octanol–water partition coefficient (Wildman–Crippen LogP) is 1.98. The summed E-state index contributed by atoms with van der Waals surface area (Å²) in [5.41, 5.74) is 0.811. The van der Waals surface area contributed by atoms with Crippen LogP contribution in [0.15, 0.2) is 21.4 Å². The maximum atomic E-state index is 13.2.